The summed E-state index contributed by atoms with van der Waals surface area (Å²) in [5.74, 6) is -0.639. The Morgan fingerprint density at radius 3 is 1.97 bits per heavy atom. The van der Waals surface area contributed by atoms with Gasteiger partial charge in [0.15, 0.2) is 0 Å². The predicted molar refractivity (Wildman–Crippen MR) is 113 cm³/mol. The molecule has 148 valence electrons. The fourth-order valence-corrected chi connectivity index (χ4v) is 3.12. The van der Waals surface area contributed by atoms with E-state index in [2.05, 4.69) is 10.6 Å². The maximum Gasteiger partial charge on any atom is 0.309 e. The average molecular weight is 388 g/mol. The lowest BCUT2D eigenvalue weighted by Crippen LogP contribution is -2.41. The first kappa shape index (κ1) is 20.1. The molecule has 5 nitrogen and oxygen atoms in total. The van der Waals surface area contributed by atoms with Crippen LogP contribution < -0.4 is 15.4 Å². The Balaban J connectivity index is 1.60. The van der Waals surface area contributed by atoms with Crippen LogP contribution in [0.4, 0.5) is 0 Å². The normalized spacial score (nSPS) is 10.4. The second-order valence-corrected chi connectivity index (χ2v) is 6.62. The van der Waals surface area contributed by atoms with Crippen LogP contribution in [-0.4, -0.2) is 25.5 Å². The van der Waals surface area contributed by atoms with Gasteiger partial charge in [-0.05, 0) is 28.8 Å². The maximum atomic E-state index is 12.3. The fourth-order valence-electron chi connectivity index (χ4n) is 3.12. The Morgan fingerprint density at radius 1 is 0.793 bits per heavy atom. The molecule has 0 bridgehead atoms. The van der Waals surface area contributed by atoms with Gasteiger partial charge in [-0.15, -0.1) is 0 Å². The van der Waals surface area contributed by atoms with Crippen LogP contribution >= 0.6 is 0 Å². The van der Waals surface area contributed by atoms with Crippen molar-refractivity contribution in [2.75, 3.05) is 13.7 Å². The van der Waals surface area contributed by atoms with E-state index in [0.29, 0.717) is 12.3 Å². The standard InChI is InChI=1S/C24H24N2O3/c1-29-21-14-8-9-18(15-21)16-25-23(27)24(28)26-17-22(19-10-4-2-5-11-19)20-12-6-3-7-13-20/h2-15,22H,16-17H2,1H3,(H,25,27)(H,26,28). The Labute approximate surface area is 170 Å². The molecular formula is C24H24N2O3. The fraction of sp³-hybridized carbons (Fsp3) is 0.167. The molecule has 3 aromatic carbocycles. The van der Waals surface area contributed by atoms with Crippen molar-refractivity contribution in [2.24, 2.45) is 0 Å². The molecule has 5 heteroatoms. The molecule has 0 fully saturated rings. The summed E-state index contributed by atoms with van der Waals surface area (Å²) in [4.78, 5) is 24.5. The predicted octanol–water partition coefficient (Wildman–Crippen LogP) is 3.26. The van der Waals surface area contributed by atoms with Crippen LogP contribution in [0.1, 0.15) is 22.6 Å². The second kappa shape index (κ2) is 10.1. The summed E-state index contributed by atoms with van der Waals surface area (Å²) in [6, 6.07) is 27.2. The first-order valence-corrected chi connectivity index (χ1v) is 9.46. The monoisotopic (exact) mass is 388 g/mol. The van der Waals surface area contributed by atoms with E-state index in [4.69, 9.17) is 4.74 Å². The van der Waals surface area contributed by atoms with Crippen molar-refractivity contribution in [3.63, 3.8) is 0 Å². The number of hydrogen-bond acceptors (Lipinski definition) is 3. The molecule has 29 heavy (non-hydrogen) atoms. The van der Waals surface area contributed by atoms with Crippen molar-refractivity contribution in [1.29, 1.82) is 0 Å². The van der Waals surface area contributed by atoms with Crippen molar-refractivity contribution in [2.45, 2.75) is 12.5 Å². The Hall–Kier alpha value is -3.60. The number of ether oxygens (including phenoxy) is 1. The molecule has 3 aromatic rings. The summed E-state index contributed by atoms with van der Waals surface area (Å²) in [7, 11) is 1.58. The highest BCUT2D eigenvalue weighted by Gasteiger charge is 2.18. The number of amides is 2. The van der Waals surface area contributed by atoms with Gasteiger partial charge in [0.1, 0.15) is 5.75 Å². The smallest absolute Gasteiger partial charge is 0.309 e. The number of carbonyl (C=O) groups is 2. The van der Waals surface area contributed by atoms with Crippen molar-refractivity contribution >= 4 is 11.8 Å². The van der Waals surface area contributed by atoms with E-state index < -0.39 is 11.8 Å². The lowest BCUT2D eigenvalue weighted by Gasteiger charge is -2.18. The molecule has 0 aliphatic heterocycles. The number of benzene rings is 3. The summed E-state index contributed by atoms with van der Waals surface area (Å²) < 4.78 is 5.17. The summed E-state index contributed by atoms with van der Waals surface area (Å²) in [6.07, 6.45) is 0. The van der Waals surface area contributed by atoms with Crippen LogP contribution in [0.15, 0.2) is 84.9 Å². The summed E-state index contributed by atoms with van der Waals surface area (Å²) in [5, 5.41) is 5.41. The van der Waals surface area contributed by atoms with Crippen LogP contribution in [0.25, 0.3) is 0 Å². The van der Waals surface area contributed by atoms with Crippen LogP contribution in [-0.2, 0) is 16.1 Å². The van der Waals surface area contributed by atoms with Gasteiger partial charge in [0, 0.05) is 19.0 Å². The number of carbonyl (C=O) groups excluding carboxylic acids is 2. The zero-order valence-electron chi connectivity index (χ0n) is 16.3. The molecule has 0 atom stereocenters. The van der Waals surface area contributed by atoms with Gasteiger partial charge in [0.25, 0.3) is 0 Å². The van der Waals surface area contributed by atoms with Gasteiger partial charge in [-0.3, -0.25) is 9.59 Å². The van der Waals surface area contributed by atoms with Gasteiger partial charge in [-0.2, -0.15) is 0 Å². The van der Waals surface area contributed by atoms with E-state index in [1.165, 1.54) is 0 Å². The molecule has 0 saturated heterocycles. The number of rotatable bonds is 7. The van der Waals surface area contributed by atoms with Crippen molar-refractivity contribution < 1.29 is 14.3 Å². The van der Waals surface area contributed by atoms with Crippen molar-refractivity contribution in [1.82, 2.24) is 10.6 Å². The van der Waals surface area contributed by atoms with Gasteiger partial charge in [-0.25, -0.2) is 0 Å². The molecule has 0 saturated carbocycles. The highest BCUT2D eigenvalue weighted by molar-refractivity contribution is 6.35. The third kappa shape index (κ3) is 5.69. The number of hydrogen-bond donors (Lipinski definition) is 2. The van der Waals surface area contributed by atoms with E-state index in [0.717, 1.165) is 16.7 Å². The molecule has 0 aromatic heterocycles. The highest BCUT2D eigenvalue weighted by Crippen LogP contribution is 2.23. The van der Waals surface area contributed by atoms with Gasteiger partial charge in [0.05, 0.1) is 7.11 Å². The molecule has 0 unspecified atom stereocenters. The van der Waals surface area contributed by atoms with Crippen LogP contribution in [0.5, 0.6) is 5.75 Å². The Morgan fingerprint density at radius 2 is 1.38 bits per heavy atom. The van der Waals surface area contributed by atoms with Crippen LogP contribution in [0, 0.1) is 0 Å². The first-order chi connectivity index (χ1) is 14.2. The molecule has 0 aliphatic carbocycles. The third-order valence-corrected chi connectivity index (χ3v) is 4.66. The minimum Gasteiger partial charge on any atom is -0.497 e. The molecule has 0 heterocycles. The number of nitrogens with one attached hydrogen (secondary N) is 2. The molecule has 2 N–H and O–H groups in total. The van der Waals surface area contributed by atoms with Gasteiger partial charge in [0.2, 0.25) is 0 Å². The molecular weight excluding hydrogens is 364 g/mol. The summed E-state index contributed by atoms with van der Waals surface area (Å²) >= 11 is 0. The molecule has 0 spiro atoms. The number of methoxy groups -OCH3 is 1. The lowest BCUT2D eigenvalue weighted by atomic mass is 9.91. The van der Waals surface area contributed by atoms with Crippen LogP contribution in [0.3, 0.4) is 0 Å². The zero-order valence-corrected chi connectivity index (χ0v) is 16.3. The minimum absolute atomic E-state index is 0.0347. The first-order valence-electron chi connectivity index (χ1n) is 9.46. The quantitative estimate of drug-likeness (QED) is 0.611. The van der Waals surface area contributed by atoms with E-state index in [-0.39, 0.29) is 12.5 Å². The van der Waals surface area contributed by atoms with E-state index in [1.54, 1.807) is 7.11 Å². The van der Waals surface area contributed by atoms with E-state index >= 15 is 0 Å². The van der Waals surface area contributed by atoms with Gasteiger partial charge >= 0.3 is 11.8 Å². The summed E-state index contributed by atoms with van der Waals surface area (Å²) in [5.41, 5.74) is 3.02. The Bertz CT molecular complexity index is 903. The van der Waals surface area contributed by atoms with Crippen LogP contribution in [0.2, 0.25) is 0 Å². The molecule has 2 amide bonds. The van der Waals surface area contributed by atoms with E-state index in [9.17, 15) is 9.59 Å². The largest absolute Gasteiger partial charge is 0.497 e. The molecule has 0 radical (unpaired) electrons. The third-order valence-electron chi connectivity index (χ3n) is 4.66. The van der Waals surface area contributed by atoms with Gasteiger partial charge in [-0.1, -0.05) is 72.8 Å². The molecule has 3 rings (SSSR count). The van der Waals surface area contributed by atoms with Crippen molar-refractivity contribution in [3.8, 4) is 5.75 Å². The average Bonchev–Trinajstić information content (AvgIpc) is 2.79. The molecule has 0 aliphatic rings. The topological polar surface area (TPSA) is 67.4 Å². The second-order valence-electron chi connectivity index (χ2n) is 6.62. The SMILES string of the molecule is COc1cccc(CNC(=O)C(=O)NCC(c2ccccc2)c2ccccc2)c1. The minimum atomic E-state index is -0.660. The maximum absolute atomic E-state index is 12.3. The summed E-state index contributed by atoms with van der Waals surface area (Å²) in [6.45, 7) is 0.587. The van der Waals surface area contributed by atoms with Crippen molar-refractivity contribution in [3.05, 3.63) is 102 Å². The lowest BCUT2D eigenvalue weighted by molar-refractivity contribution is -0.139. The highest BCUT2D eigenvalue weighted by atomic mass is 16.5. The zero-order chi connectivity index (χ0) is 20.5. The van der Waals surface area contributed by atoms with E-state index in [1.807, 2.05) is 84.9 Å². The Kier molecular flexibility index (Phi) is 7.00. The van der Waals surface area contributed by atoms with Gasteiger partial charge < -0.3 is 15.4 Å².